The Labute approximate surface area is 147 Å². The molecular formula is C18H26FN3O3. The maximum Gasteiger partial charge on any atom is 0.274 e. The Kier molecular flexibility index (Phi) is 6.87. The zero-order valence-corrected chi connectivity index (χ0v) is 14.8. The van der Waals surface area contributed by atoms with Crippen LogP contribution in [0.5, 0.6) is 0 Å². The van der Waals surface area contributed by atoms with Crippen LogP contribution in [-0.2, 0) is 11.3 Å². The van der Waals surface area contributed by atoms with E-state index in [9.17, 15) is 19.3 Å². The zero-order valence-electron chi connectivity index (χ0n) is 14.8. The van der Waals surface area contributed by atoms with E-state index in [2.05, 4.69) is 12.2 Å². The van der Waals surface area contributed by atoms with Crippen molar-refractivity contribution < 1.29 is 14.1 Å². The molecule has 2 unspecified atom stereocenters. The summed E-state index contributed by atoms with van der Waals surface area (Å²) in [6.45, 7) is 5.59. The van der Waals surface area contributed by atoms with Crippen LogP contribution in [0.1, 0.15) is 45.1 Å². The first kappa shape index (κ1) is 19.3. The summed E-state index contributed by atoms with van der Waals surface area (Å²) >= 11 is 0. The number of halogens is 1. The molecule has 1 heterocycles. The minimum Gasteiger partial charge on any atom is -0.356 e. The first-order valence-electron chi connectivity index (χ1n) is 8.87. The Bertz CT molecular complexity index is 624. The third-order valence-corrected chi connectivity index (χ3v) is 4.82. The molecule has 0 bridgehead atoms. The second-order valence-electron chi connectivity index (χ2n) is 6.73. The number of piperidine rings is 1. The molecule has 0 saturated carbocycles. The van der Waals surface area contributed by atoms with Crippen LogP contribution in [0.25, 0.3) is 0 Å². The zero-order chi connectivity index (χ0) is 18.4. The van der Waals surface area contributed by atoms with E-state index in [0.29, 0.717) is 18.7 Å². The third-order valence-electron chi connectivity index (χ3n) is 4.82. The van der Waals surface area contributed by atoms with Crippen molar-refractivity contribution in [2.24, 2.45) is 5.92 Å². The summed E-state index contributed by atoms with van der Waals surface area (Å²) in [5, 5.41) is 14.1. The van der Waals surface area contributed by atoms with Gasteiger partial charge < -0.3 is 5.32 Å². The molecule has 1 fully saturated rings. The Morgan fingerprint density at radius 3 is 2.88 bits per heavy atom. The third kappa shape index (κ3) is 5.22. The van der Waals surface area contributed by atoms with E-state index in [-0.39, 0.29) is 30.1 Å². The number of nitrogens with zero attached hydrogens (tertiary/aromatic N) is 2. The molecule has 1 aromatic rings. The molecule has 138 valence electrons. The smallest absolute Gasteiger partial charge is 0.274 e. The molecule has 2 atom stereocenters. The van der Waals surface area contributed by atoms with Crippen molar-refractivity contribution in [3.63, 3.8) is 0 Å². The lowest BCUT2D eigenvalue weighted by Crippen LogP contribution is -2.46. The molecule has 0 radical (unpaired) electrons. The average molecular weight is 351 g/mol. The van der Waals surface area contributed by atoms with E-state index in [1.165, 1.54) is 12.1 Å². The lowest BCUT2D eigenvalue weighted by atomic mass is 9.92. The minimum atomic E-state index is -0.488. The number of nitrogens with one attached hydrogen (secondary N) is 1. The van der Waals surface area contributed by atoms with Crippen LogP contribution in [0.2, 0.25) is 0 Å². The van der Waals surface area contributed by atoms with Gasteiger partial charge in [0, 0.05) is 37.3 Å². The Morgan fingerprint density at radius 1 is 1.44 bits per heavy atom. The van der Waals surface area contributed by atoms with E-state index >= 15 is 0 Å². The molecule has 0 aliphatic carbocycles. The molecule has 1 aliphatic heterocycles. The normalized spacial score (nSPS) is 21.1. The lowest BCUT2D eigenvalue weighted by Gasteiger charge is -2.37. The van der Waals surface area contributed by atoms with Gasteiger partial charge in [-0.2, -0.15) is 0 Å². The number of nitro benzene ring substituents is 1. The van der Waals surface area contributed by atoms with Gasteiger partial charge in [-0.3, -0.25) is 19.8 Å². The summed E-state index contributed by atoms with van der Waals surface area (Å²) in [6.07, 6.45) is 3.63. The molecule has 1 aromatic carbocycles. The van der Waals surface area contributed by atoms with Gasteiger partial charge in [-0.25, -0.2) is 4.39 Å². The molecule has 2 rings (SSSR count). The second-order valence-corrected chi connectivity index (χ2v) is 6.73. The van der Waals surface area contributed by atoms with Gasteiger partial charge in [0.15, 0.2) is 0 Å². The number of unbranched alkanes of at least 4 members (excludes halogenated alkanes) is 1. The fraction of sp³-hybridized carbons (Fsp3) is 0.611. The van der Waals surface area contributed by atoms with E-state index in [4.69, 9.17) is 0 Å². The van der Waals surface area contributed by atoms with Crippen LogP contribution in [0, 0.1) is 21.8 Å². The van der Waals surface area contributed by atoms with Crippen LogP contribution in [0.3, 0.4) is 0 Å². The largest absolute Gasteiger partial charge is 0.356 e. The number of carbonyl (C=O) groups is 1. The van der Waals surface area contributed by atoms with Gasteiger partial charge in [0.2, 0.25) is 5.91 Å². The topological polar surface area (TPSA) is 75.5 Å². The number of nitro groups is 1. The van der Waals surface area contributed by atoms with Crippen molar-refractivity contribution in [1.82, 2.24) is 10.2 Å². The SMILES string of the molecule is CCCCNC(=O)C1CCC(C)N(Cc2cc(F)ccc2[N+](=O)[O-])C1. The molecule has 25 heavy (non-hydrogen) atoms. The average Bonchev–Trinajstić information content (AvgIpc) is 2.56. The Morgan fingerprint density at radius 2 is 2.20 bits per heavy atom. The van der Waals surface area contributed by atoms with Crippen molar-refractivity contribution in [3.8, 4) is 0 Å². The fourth-order valence-electron chi connectivity index (χ4n) is 3.22. The van der Waals surface area contributed by atoms with Crippen molar-refractivity contribution in [2.45, 2.75) is 52.1 Å². The Hall–Kier alpha value is -2.02. The van der Waals surface area contributed by atoms with Crippen molar-refractivity contribution in [1.29, 1.82) is 0 Å². The molecule has 0 aromatic heterocycles. The molecule has 6 nitrogen and oxygen atoms in total. The highest BCUT2D eigenvalue weighted by molar-refractivity contribution is 5.78. The number of hydrogen-bond donors (Lipinski definition) is 1. The first-order chi connectivity index (χ1) is 11.9. The number of likely N-dealkylation sites (tertiary alicyclic amines) is 1. The van der Waals surface area contributed by atoms with Crippen LogP contribution in [0.15, 0.2) is 18.2 Å². The van der Waals surface area contributed by atoms with Gasteiger partial charge in [-0.1, -0.05) is 13.3 Å². The van der Waals surface area contributed by atoms with Crippen LogP contribution in [-0.4, -0.2) is 34.9 Å². The summed E-state index contributed by atoms with van der Waals surface area (Å²) in [5.41, 5.74) is 0.270. The highest BCUT2D eigenvalue weighted by Gasteiger charge is 2.31. The van der Waals surface area contributed by atoms with Gasteiger partial charge >= 0.3 is 0 Å². The van der Waals surface area contributed by atoms with E-state index in [1.807, 2.05) is 11.8 Å². The standard InChI is InChI=1S/C18H26FN3O3/c1-3-4-9-20-18(23)14-6-5-13(2)21(11-14)12-15-10-16(19)7-8-17(15)22(24)25/h7-8,10,13-14H,3-6,9,11-12H2,1-2H3,(H,20,23). The number of hydrogen-bond acceptors (Lipinski definition) is 4. The molecule has 1 aliphatic rings. The van der Waals surface area contributed by atoms with Gasteiger partial charge in [0.1, 0.15) is 5.82 Å². The maximum absolute atomic E-state index is 13.5. The fourth-order valence-corrected chi connectivity index (χ4v) is 3.22. The highest BCUT2D eigenvalue weighted by Crippen LogP contribution is 2.27. The maximum atomic E-state index is 13.5. The number of rotatable bonds is 7. The van der Waals surface area contributed by atoms with Crippen molar-refractivity contribution >= 4 is 11.6 Å². The summed E-state index contributed by atoms with van der Waals surface area (Å²) in [5.74, 6) is -0.570. The molecular weight excluding hydrogens is 325 g/mol. The monoisotopic (exact) mass is 351 g/mol. The van der Waals surface area contributed by atoms with E-state index in [1.54, 1.807) is 0 Å². The number of benzene rings is 1. The van der Waals surface area contributed by atoms with Gasteiger partial charge in [0.25, 0.3) is 5.69 Å². The lowest BCUT2D eigenvalue weighted by molar-refractivity contribution is -0.385. The Balaban J connectivity index is 2.06. The van der Waals surface area contributed by atoms with Crippen LogP contribution >= 0.6 is 0 Å². The van der Waals surface area contributed by atoms with Gasteiger partial charge in [-0.05, 0) is 38.3 Å². The molecule has 0 spiro atoms. The molecule has 1 saturated heterocycles. The van der Waals surface area contributed by atoms with Gasteiger partial charge in [0.05, 0.1) is 10.8 Å². The highest BCUT2D eigenvalue weighted by atomic mass is 19.1. The summed E-state index contributed by atoms with van der Waals surface area (Å²) in [6, 6.07) is 3.72. The summed E-state index contributed by atoms with van der Waals surface area (Å²) in [4.78, 5) is 25.0. The first-order valence-corrected chi connectivity index (χ1v) is 8.87. The second kappa shape index (κ2) is 8.89. The number of amides is 1. The predicted octanol–water partition coefficient (Wildman–Crippen LogP) is 3.25. The summed E-state index contributed by atoms with van der Waals surface area (Å²) in [7, 11) is 0. The van der Waals surface area contributed by atoms with Crippen molar-refractivity contribution in [2.75, 3.05) is 13.1 Å². The van der Waals surface area contributed by atoms with E-state index < -0.39 is 10.7 Å². The molecule has 7 heteroatoms. The summed E-state index contributed by atoms with van der Waals surface area (Å²) < 4.78 is 13.5. The number of carbonyl (C=O) groups excluding carboxylic acids is 1. The molecule has 1 N–H and O–H groups in total. The predicted molar refractivity (Wildman–Crippen MR) is 93.6 cm³/mol. The molecule has 1 amide bonds. The van der Waals surface area contributed by atoms with Crippen LogP contribution in [0.4, 0.5) is 10.1 Å². The van der Waals surface area contributed by atoms with E-state index in [0.717, 1.165) is 31.7 Å². The quantitative estimate of drug-likeness (QED) is 0.465. The minimum absolute atomic E-state index is 0.0408. The van der Waals surface area contributed by atoms with Crippen molar-refractivity contribution in [3.05, 3.63) is 39.7 Å². The van der Waals surface area contributed by atoms with Crippen LogP contribution < -0.4 is 5.32 Å². The van der Waals surface area contributed by atoms with Gasteiger partial charge in [-0.15, -0.1) is 0 Å².